The average molecular weight is 288 g/mol. The molecule has 0 atom stereocenters. The van der Waals surface area contributed by atoms with Crippen molar-refractivity contribution in [3.63, 3.8) is 0 Å². The van der Waals surface area contributed by atoms with Gasteiger partial charge in [0.05, 0.1) is 11.4 Å². The van der Waals surface area contributed by atoms with Gasteiger partial charge in [-0.2, -0.15) is 0 Å². The zero-order valence-corrected chi connectivity index (χ0v) is 12.2. The number of benzene rings is 1. The molecule has 4 nitrogen and oxygen atoms in total. The maximum atomic E-state index is 12.9. The molecule has 1 aromatic rings. The topological polar surface area (TPSA) is 58.2 Å². The van der Waals surface area contributed by atoms with E-state index < -0.39 is 10.0 Å². The second kappa shape index (κ2) is 7.45. The van der Waals surface area contributed by atoms with Crippen LogP contribution in [0.3, 0.4) is 0 Å². The summed E-state index contributed by atoms with van der Waals surface area (Å²) in [5.74, 6) is -0.315. The Morgan fingerprint density at radius 2 is 2.00 bits per heavy atom. The van der Waals surface area contributed by atoms with Gasteiger partial charge in [0.25, 0.3) is 0 Å². The van der Waals surface area contributed by atoms with Crippen LogP contribution in [0.25, 0.3) is 0 Å². The largest absolute Gasteiger partial charge is 0.317 e. The van der Waals surface area contributed by atoms with Gasteiger partial charge >= 0.3 is 0 Å². The number of rotatable bonds is 8. The fourth-order valence-electron chi connectivity index (χ4n) is 1.65. The summed E-state index contributed by atoms with van der Waals surface area (Å²) in [7, 11) is -3.37. The van der Waals surface area contributed by atoms with E-state index in [0.717, 1.165) is 13.0 Å². The van der Waals surface area contributed by atoms with Crippen molar-refractivity contribution in [3.8, 4) is 0 Å². The summed E-state index contributed by atoms with van der Waals surface area (Å²) in [6.45, 7) is 5.30. The smallest absolute Gasteiger partial charge is 0.232 e. The van der Waals surface area contributed by atoms with Gasteiger partial charge in [-0.25, -0.2) is 12.8 Å². The number of aryl methyl sites for hydroxylation is 1. The molecule has 0 saturated heterocycles. The normalized spacial score (nSPS) is 11.5. The Balaban J connectivity index is 2.50. The van der Waals surface area contributed by atoms with E-state index in [2.05, 4.69) is 17.0 Å². The van der Waals surface area contributed by atoms with Gasteiger partial charge in [-0.05, 0) is 56.6 Å². The number of halogens is 1. The summed E-state index contributed by atoms with van der Waals surface area (Å²) < 4.78 is 39.1. The molecule has 108 valence electrons. The summed E-state index contributed by atoms with van der Waals surface area (Å²) in [6, 6.07) is 3.99. The molecule has 0 aliphatic rings. The van der Waals surface area contributed by atoms with Crippen LogP contribution in [0, 0.1) is 12.7 Å². The minimum atomic E-state index is -3.37. The standard InChI is InChI=1S/C13H21FN2O2S/c1-3-7-15-8-4-9-19(17,18)16-13-6-5-12(14)10-11(13)2/h5-6,10,15-16H,3-4,7-9H2,1-2H3. The fraction of sp³-hybridized carbons (Fsp3) is 0.538. The predicted molar refractivity (Wildman–Crippen MR) is 76.3 cm³/mol. The van der Waals surface area contributed by atoms with Crippen LogP contribution in [0.5, 0.6) is 0 Å². The van der Waals surface area contributed by atoms with Gasteiger partial charge in [0.1, 0.15) is 5.82 Å². The molecule has 0 radical (unpaired) electrons. The maximum Gasteiger partial charge on any atom is 0.232 e. The van der Waals surface area contributed by atoms with Gasteiger partial charge in [-0.1, -0.05) is 6.92 Å². The van der Waals surface area contributed by atoms with Gasteiger partial charge < -0.3 is 5.32 Å². The first-order chi connectivity index (χ1) is 8.94. The highest BCUT2D eigenvalue weighted by atomic mass is 32.2. The minimum Gasteiger partial charge on any atom is -0.317 e. The third kappa shape index (κ3) is 6.02. The summed E-state index contributed by atoms with van der Waals surface area (Å²) in [5.41, 5.74) is 1.01. The van der Waals surface area contributed by atoms with Gasteiger partial charge in [0.2, 0.25) is 10.0 Å². The Kier molecular flexibility index (Phi) is 6.24. The lowest BCUT2D eigenvalue weighted by Gasteiger charge is -2.10. The van der Waals surface area contributed by atoms with E-state index in [4.69, 9.17) is 0 Å². The van der Waals surface area contributed by atoms with E-state index in [9.17, 15) is 12.8 Å². The highest BCUT2D eigenvalue weighted by molar-refractivity contribution is 7.92. The first-order valence-corrected chi connectivity index (χ1v) is 8.07. The molecule has 2 N–H and O–H groups in total. The summed E-state index contributed by atoms with van der Waals surface area (Å²) in [4.78, 5) is 0. The Hall–Kier alpha value is -1.14. The quantitative estimate of drug-likeness (QED) is 0.721. The molecular formula is C13H21FN2O2S. The van der Waals surface area contributed by atoms with Crippen LogP contribution < -0.4 is 10.0 Å². The monoisotopic (exact) mass is 288 g/mol. The molecule has 1 rings (SSSR count). The van der Waals surface area contributed by atoms with Gasteiger partial charge in [0, 0.05) is 0 Å². The number of sulfonamides is 1. The Bertz CT molecular complexity index is 503. The van der Waals surface area contributed by atoms with E-state index in [1.807, 2.05) is 0 Å². The van der Waals surface area contributed by atoms with Crippen LogP contribution in [0.15, 0.2) is 18.2 Å². The van der Waals surface area contributed by atoms with Crippen molar-refractivity contribution in [1.82, 2.24) is 5.32 Å². The fourth-order valence-corrected chi connectivity index (χ4v) is 2.84. The number of hydrogen-bond donors (Lipinski definition) is 2. The second-order valence-corrected chi connectivity index (χ2v) is 6.33. The molecule has 0 aliphatic carbocycles. The third-order valence-electron chi connectivity index (χ3n) is 2.65. The van der Waals surface area contributed by atoms with Crippen molar-refractivity contribution in [2.75, 3.05) is 23.6 Å². The van der Waals surface area contributed by atoms with Crippen molar-refractivity contribution < 1.29 is 12.8 Å². The van der Waals surface area contributed by atoms with Crippen LogP contribution in [0.2, 0.25) is 0 Å². The second-order valence-electron chi connectivity index (χ2n) is 4.48. The van der Waals surface area contributed by atoms with Crippen molar-refractivity contribution in [2.24, 2.45) is 0 Å². The van der Waals surface area contributed by atoms with Crippen LogP contribution in [-0.4, -0.2) is 27.3 Å². The molecule has 0 unspecified atom stereocenters. The van der Waals surface area contributed by atoms with Gasteiger partial charge in [-0.15, -0.1) is 0 Å². The number of hydrogen-bond acceptors (Lipinski definition) is 3. The zero-order valence-electron chi connectivity index (χ0n) is 11.4. The molecular weight excluding hydrogens is 267 g/mol. The van der Waals surface area contributed by atoms with Crippen LogP contribution in [-0.2, 0) is 10.0 Å². The Morgan fingerprint density at radius 3 is 2.63 bits per heavy atom. The number of anilines is 1. The predicted octanol–water partition coefficient (Wildman–Crippen LogP) is 2.27. The molecule has 0 aliphatic heterocycles. The summed E-state index contributed by atoms with van der Waals surface area (Å²) in [5, 5.41) is 3.15. The van der Waals surface area contributed by atoms with E-state index in [1.165, 1.54) is 18.2 Å². The van der Waals surface area contributed by atoms with E-state index in [0.29, 0.717) is 24.2 Å². The average Bonchev–Trinajstić information content (AvgIpc) is 2.32. The Labute approximate surface area is 114 Å². The molecule has 0 spiro atoms. The zero-order chi connectivity index (χ0) is 14.3. The molecule has 0 saturated carbocycles. The molecule has 0 bridgehead atoms. The SMILES string of the molecule is CCCNCCCS(=O)(=O)Nc1ccc(F)cc1C. The molecule has 19 heavy (non-hydrogen) atoms. The van der Waals surface area contributed by atoms with Crippen molar-refractivity contribution in [2.45, 2.75) is 26.7 Å². The van der Waals surface area contributed by atoms with E-state index >= 15 is 0 Å². The third-order valence-corrected chi connectivity index (χ3v) is 4.00. The van der Waals surface area contributed by atoms with Crippen LogP contribution in [0.1, 0.15) is 25.3 Å². The van der Waals surface area contributed by atoms with Crippen molar-refractivity contribution in [3.05, 3.63) is 29.6 Å². The molecule has 0 fully saturated rings. The van der Waals surface area contributed by atoms with Crippen molar-refractivity contribution >= 4 is 15.7 Å². The first-order valence-electron chi connectivity index (χ1n) is 6.42. The Morgan fingerprint density at radius 1 is 1.26 bits per heavy atom. The molecule has 6 heteroatoms. The first kappa shape index (κ1) is 15.9. The molecule has 0 heterocycles. The van der Waals surface area contributed by atoms with Gasteiger partial charge in [-0.3, -0.25) is 4.72 Å². The highest BCUT2D eigenvalue weighted by Crippen LogP contribution is 2.17. The summed E-state index contributed by atoms with van der Waals surface area (Å²) in [6.07, 6.45) is 1.58. The lowest BCUT2D eigenvalue weighted by molar-refractivity contribution is 0.593. The highest BCUT2D eigenvalue weighted by Gasteiger charge is 2.11. The lowest BCUT2D eigenvalue weighted by atomic mass is 10.2. The maximum absolute atomic E-state index is 12.9. The molecule has 1 aromatic carbocycles. The molecule has 0 amide bonds. The van der Waals surface area contributed by atoms with Gasteiger partial charge in [0.15, 0.2) is 0 Å². The van der Waals surface area contributed by atoms with Crippen molar-refractivity contribution in [1.29, 1.82) is 0 Å². The van der Waals surface area contributed by atoms with Crippen LogP contribution >= 0.6 is 0 Å². The van der Waals surface area contributed by atoms with E-state index in [1.54, 1.807) is 6.92 Å². The number of nitrogens with one attached hydrogen (secondary N) is 2. The molecule has 0 aromatic heterocycles. The van der Waals surface area contributed by atoms with Crippen LogP contribution in [0.4, 0.5) is 10.1 Å². The summed E-state index contributed by atoms with van der Waals surface area (Å²) >= 11 is 0. The van der Waals surface area contributed by atoms with E-state index in [-0.39, 0.29) is 11.6 Å². The minimum absolute atomic E-state index is 0.0561. The lowest BCUT2D eigenvalue weighted by Crippen LogP contribution is -2.22.